The van der Waals surface area contributed by atoms with Crippen molar-refractivity contribution in [2.24, 2.45) is 0 Å². The molecule has 1 N–H and O–H groups in total. The highest BCUT2D eigenvalue weighted by Gasteiger charge is 2.33. The Hall–Kier alpha value is -2.04. The summed E-state index contributed by atoms with van der Waals surface area (Å²) in [4.78, 5) is 34.6. The van der Waals surface area contributed by atoms with Crippen molar-refractivity contribution < 1.29 is 13.2 Å². The van der Waals surface area contributed by atoms with Crippen molar-refractivity contribution in [1.29, 1.82) is 0 Å². The molecule has 2 aliphatic rings. The van der Waals surface area contributed by atoms with Crippen molar-refractivity contribution in [3.63, 3.8) is 0 Å². The van der Waals surface area contributed by atoms with Gasteiger partial charge in [-0.3, -0.25) is 9.59 Å². The van der Waals surface area contributed by atoms with E-state index in [4.69, 9.17) is 0 Å². The van der Waals surface area contributed by atoms with Gasteiger partial charge in [-0.05, 0) is 41.7 Å². The van der Waals surface area contributed by atoms with Gasteiger partial charge in [-0.25, -0.2) is 13.4 Å². The molecular formula is C18H22N4O4S2. The van der Waals surface area contributed by atoms with Crippen LogP contribution >= 0.6 is 11.3 Å². The van der Waals surface area contributed by atoms with E-state index in [0.717, 1.165) is 24.7 Å². The second kappa shape index (κ2) is 7.41. The first-order chi connectivity index (χ1) is 13.3. The number of carbonyl (C=O) groups excluding carboxylic acids is 1. The molecule has 2 aliphatic heterocycles. The van der Waals surface area contributed by atoms with E-state index in [-0.39, 0.29) is 30.6 Å². The molecule has 0 aromatic carbocycles. The third-order valence-electron chi connectivity index (χ3n) is 5.35. The average molecular weight is 423 g/mol. The lowest BCUT2D eigenvalue weighted by molar-refractivity contribution is -0.131. The molecule has 0 radical (unpaired) electrons. The first-order valence-electron chi connectivity index (χ1n) is 9.20. The van der Waals surface area contributed by atoms with Crippen LogP contribution in [-0.4, -0.2) is 52.8 Å². The van der Waals surface area contributed by atoms with E-state index < -0.39 is 10.0 Å². The normalized spacial score (nSPS) is 20.3. The Morgan fingerprint density at radius 3 is 2.93 bits per heavy atom. The van der Waals surface area contributed by atoms with E-state index in [1.807, 2.05) is 16.8 Å². The fraction of sp³-hybridized carbons (Fsp3) is 0.500. The zero-order chi connectivity index (χ0) is 19.9. The van der Waals surface area contributed by atoms with Crippen molar-refractivity contribution >= 4 is 27.3 Å². The van der Waals surface area contributed by atoms with Gasteiger partial charge >= 0.3 is 0 Å². The molecule has 4 heterocycles. The Kier molecular flexibility index (Phi) is 5.11. The quantitative estimate of drug-likeness (QED) is 0.793. The molecule has 10 heteroatoms. The van der Waals surface area contributed by atoms with Gasteiger partial charge in [-0.1, -0.05) is 0 Å². The number of fused-ring (bicyclic) bond motifs is 1. The van der Waals surface area contributed by atoms with Crippen LogP contribution in [-0.2, 0) is 34.2 Å². The second-order valence-corrected chi connectivity index (χ2v) is 10.0. The summed E-state index contributed by atoms with van der Waals surface area (Å²) in [5.74, 6) is 0.467. The van der Waals surface area contributed by atoms with E-state index >= 15 is 0 Å². The van der Waals surface area contributed by atoms with E-state index in [2.05, 4.69) is 9.97 Å². The minimum absolute atomic E-state index is 0.0130. The van der Waals surface area contributed by atoms with E-state index in [9.17, 15) is 18.0 Å². The molecule has 1 saturated heterocycles. The number of nitrogens with zero attached hydrogens (tertiary/aromatic N) is 3. The Morgan fingerprint density at radius 1 is 1.39 bits per heavy atom. The molecule has 2 aromatic heterocycles. The Balaban J connectivity index is 1.61. The third kappa shape index (κ3) is 3.76. The zero-order valence-corrected chi connectivity index (χ0v) is 17.2. The first kappa shape index (κ1) is 19.3. The maximum Gasteiger partial charge on any atom is 0.254 e. The lowest BCUT2D eigenvalue weighted by Crippen LogP contribution is -2.40. The lowest BCUT2D eigenvalue weighted by atomic mass is 10.1. The summed E-state index contributed by atoms with van der Waals surface area (Å²) in [7, 11) is -3.35. The molecule has 0 saturated carbocycles. The van der Waals surface area contributed by atoms with E-state index in [0.29, 0.717) is 36.5 Å². The maximum atomic E-state index is 12.8. The number of nitrogens with one attached hydrogen (secondary N) is 1. The summed E-state index contributed by atoms with van der Waals surface area (Å²) in [6.45, 7) is 1.01. The minimum atomic E-state index is -3.35. The summed E-state index contributed by atoms with van der Waals surface area (Å²) in [5.41, 5.74) is 1.78. The largest absolute Gasteiger partial charge is 0.332 e. The molecule has 28 heavy (non-hydrogen) atoms. The number of rotatable bonds is 4. The summed E-state index contributed by atoms with van der Waals surface area (Å²) in [6, 6.07) is 1.66. The summed E-state index contributed by atoms with van der Waals surface area (Å²) < 4.78 is 25.1. The van der Waals surface area contributed by atoms with Crippen molar-refractivity contribution in [3.05, 3.63) is 49.8 Å². The van der Waals surface area contributed by atoms with Gasteiger partial charge in [-0.2, -0.15) is 15.6 Å². The predicted molar refractivity (Wildman–Crippen MR) is 106 cm³/mol. The lowest BCUT2D eigenvalue weighted by Gasteiger charge is -2.28. The molecule has 1 amide bonds. The van der Waals surface area contributed by atoms with Crippen molar-refractivity contribution in [2.45, 2.75) is 38.3 Å². The molecule has 0 unspecified atom stereocenters. The minimum Gasteiger partial charge on any atom is -0.332 e. The Bertz CT molecular complexity index is 1050. The van der Waals surface area contributed by atoms with Gasteiger partial charge < -0.3 is 9.88 Å². The Labute approximate surface area is 167 Å². The topological polar surface area (TPSA) is 103 Å². The maximum absolute atomic E-state index is 12.8. The van der Waals surface area contributed by atoms with Gasteiger partial charge in [0, 0.05) is 18.7 Å². The van der Waals surface area contributed by atoms with Gasteiger partial charge in [-0.15, -0.1) is 0 Å². The van der Waals surface area contributed by atoms with E-state index in [1.54, 1.807) is 16.2 Å². The smallest absolute Gasteiger partial charge is 0.254 e. The first-order valence-corrected chi connectivity index (χ1v) is 12.0. The molecule has 150 valence electrons. The molecule has 0 bridgehead atoms. The number of aromatic amines is 1. The number of thiophene rings is 1. The van der Waals surface area contributed by atoms with Crippen LogP contribution in [0, 0.1) is 0 Å². The van der Waals surface area contributed by atoms with Crippen LogP contribution in [0.5, 0.6) is 0 Å². The van der Waals surface area contributed by atoms with Crippen LogP contribution in [0.15, 0.2) is 21.6 Å². The van der Waals surface area contributed by atoms with Gasteiger partial charge in [0.1, 0.15) is 5.82 Å². The number of aromatic nitrogens is 2. The standard InChI is InChI=1S/C18H22N4O4S2/c1-28(25,26)21-7-4-13-14(10-21)19-17(20-18(13)24)15-3-2-6-22(15)16(23)9-12-5-8-27-11-12/h5,8,11,15H,2-4,6-7,9-10H2,1H3,(H,19,20,24)/t15-/m1/s1. The van der Waals surface area contributed by atoms with Crippen LogP contribution in [0.3, 0.4) is 0 Å². The molecule has 1 atom stereocenters. The number of carbonyl (C=O) groups is 1. The molecule has 0 aliphatic carbocycles. The van der Waals surface area contributed by atoms with Crippen molar-refractivity contribution in [3.8, 4) is 0 Å². The molecule has 1 fully saturated rings. The number of hydrogen-bond acceptors (Lipinski definition) is 6. The molecule has 2 aromatic rings. The van der Waals surface area contributed by atoms with Gasteiger partial charge in [0.2, 0.25) is 15.9 Å². The third-order valence-corrected chi connectivity index (χ3v) is 7.33. The van der Waals surface area contributed by atoms with Crippen molar-refractivity contribution in [1.82, 2.24) is 19.2 Å². The van der Waals surface area contributed by atoms with E-state index in [1.165, 1.54) is 4.31 Å². The van der Waals surface area contributed by atoms with Crippen LogP contribution in [0.25, 0.3) is 0 Å². The fourth-order valence-corrected chi connectivity index (χ4v) is 5.34. The Morgan fingerprint density at radius 2 is 2.21 bits per heavy atom. The second-order valence-electron chi connectivity index (χ2n) is 7.28. The molecule has 0 spiro atoms. The molecule has 4 rings (SSSR count). The number of sulfonamides is 1. The zero-order valence-electron chi connectivity index (χ0n) is 15.6. The SMILES string of the molecule is CS(=O)(=O)N1CCc2c(nc([C@H]3CCCN3C(=O)Cc3ccsc3)[nH]c2=O)C1. The number of amides is 1. The van der Waals surface area contributed by atoms with Crippen LogP contribution in [0.2, 0.25) is 0 Å². The summed E-state index contributed by atoms with van der Waals surface area (Å²) in [5, 5.41) is 3.90. The fourth-order valence-electron chi connectivity index (χ4n) is 3.89. The average Bonchev–Trinajstić information content (AvgIpc) is 3.32. The summed E-state index contributed by atoms with van der Waals surface area (Å²) >= 11 is 1.56. The highest BCUT2D eigenvalue weighted by molar-refractivity contribution is 7.88. The molecular weight excluding hydrogens is 400 g/mol. The van der Waals surface area contributed by atoms with Gasteiger partial charge in [0.05, 0.1) is 31.0 Å². The predicted octanol–water partition coefficient (Wildman–Crippen LogP) is 1.06. The van der Waals surface area contributed by atoms with Crippen LogP contribution in [0.1, 0.15) is 41.5 Å². The van der Waals surface area contributed by atoms with Gasteiger partial charge in [0.25, 0.3) is 5.56 Å². The highest BCUT2D eigenvalue weighted by atomic mass is 32.2. The monoisotopic (exact) mass is 422 g/mol. The van der Waals surface area contributed by atoms with Crippen LogP contribution < -0.4 is 5.56 Å². The number of likely N-dealkylation sites (tertiary alicyclic amines) is 1. The highest BCUT2D eigenvalue weighted by Crippen LogP contribution is 2.31. The summed E-state index contributed by atoms with van der Waals surface area (Å²) in [6.07, 6.45) is 3.41. The number of hydrogen-bond donors (Lipinski definition) is 1. The van der Waals surface area contributed by atoms with Crippen LogP contribution in [0.4, 0.5) is 0 Å². The van der Waals surface area contributed by atoms with Crippen molar-refractivity contribution in [2.75, 3.05) is 19.3 Å². The van der Waals surface area contributed by atoms with Gasteiger partial charge in [0.15, 0.2) is 0 Å². The molecule has 8 nitrogen and oxygen atoms in total. The number of H-pyrrole nitrogens is 1.